The molecule has 0 aromatic rings. The van der Waals surface area contributed by atoms with Gasteiger partial charge in [-0.3, -0.25) is 9.59 Å². The van der Waals surface area contributed by atoms with Crippen molar-refractivity contribution in [3.63, 3.8) is 0 Å². The molecule has 11 nitrogen and oxygen atoms in total. The fraction of sp³-hybridized carbons (Fsp3) is 0.759. The van der Waals surface area contributed by atoms with E-state index >= 15 is 0 Å². The third kappa shape index (κ3) is 15.0. The van der Waals surface area contributed by atoms with Crippen molar-refractivity contribution in [2.24, 2.45) is 11.8 Å². The standard InChI is InChI=1S/C29H36Cl9NO10/c1-5-6-7-17(40)11-39-20(41)9-13(2)8-18-23(49-26(44)29(36,37)38)22(48-25(43)28(33,34)35)16(12-45-18)10-19-21(47-19)14(3)15(4)46-24(42)27(30,31)32/h9,14-16,18-19,21-23H,5-8,10-12H2,1-4H3,(H,39,41)/b13-9+/t14-,15-,16-,18-,19-,21-,22+,23-/m0/s1. The van der Waals surface area contributed by atoms with Crippen LogP contribution in [0.1, 0.15) is 59.8 Å². The largest absolute Gasteiger partial charge is 0.459 e. The molecule has 0 spiro atoms. The molecule has 1 N–H and O–H groups in total. The summed E-state index contributed by atoms with van der Waals surface area (Å²) in [6.45, 7) is 6.69. The zero-order valence-corrected chi connectivity index (χ0v) is 33.4. The van der Waals surface area contributed by atoms with E-state index < -0.39 is 77.7 Å². The highest BCUT2D eigenvalue weighted by Crippen LogP contribution is 2.42. The number of rotatable bonds is 15. The van der Waals surface area contributed by atoms with Crippen molar-refractivity contribution < 1.29 is 47.7 Å². The van der Waals surface area contributed by atoms with Crippen LogP contribution in [0.25, 0.3) is 0 Å². The molecule has 49 heavy (non-hydrogen) atoms. The van der Waals surface area contributed by atoms with Gasteiger partial charge in [0.05, 0.1) is 25.4 Å². The van der Waals surface area contributed by atoms with Crippen molar-refractivity contribution in [3.8, 4) is 0 Å². The van der Waals surface area contributed by atoms with E-state index in [2.05, 4.69) is 5.32 Å². The first kappa shape index (κ1) is 45.0. The van der Waals surface area contributed by atoms with Crippen molar-refractivity contribution >= 4 is 134 Å². The van der Waals surface area contributed by atoms with E-state index in [1.165, 1.54) is 6.08 Å². The first-order valence-corrected chi connectivity index (χ1v) is 18.4. The molecule has 0 saturated carbocycles. The zero-order valence-electron chi connectivity index (χ0n) is 26.6. The predicted octanol–water partition coefficient (Wildman–Crippen LogP) is 6.87. The molecule has 2 aliphatic heterocycles. The molecular formula is C29H36Cl9NO10. The number of esters is 3. The Bertz CT molecular complexity index is 1230. The van der Waals surface area contributed by atoms with Crippen LogP contribution < -0.4 is 5.32 Å². The molecular weight excluding hydrogens is 841 g/mol. The maximum absolute atomic E-state index is 12.8. The second kappa shape index (κ2) is 19.2. The number of epoxide rings is 1. The van der Waals surface area contributed by atoms with Crippen molar-refractivity contribution in [3.05, 3.63) is 11.6 Å². The Balaban J connectivity index is 2.30. The van der Waals surface area contributed by atoms with Gasteiger partial charge in [0, 0.05) is 24.3 Å². The first-order valence-electron chi connectivity index (χ1n) is 15.0. The Labute approximate surface area is 329 Å². The maximum Gasteiger partial charge on any atom is 0.359 e. The summed E-state index contributed by atoms with van der Waals surface area (Å²) in [5.74, 6) is -5.41. The van der Waals surface area contributed by atoms with Gasteiger partial charge in [-0.1, -0.05) is 130 Å². The lowest BCUT2D eigenvalue weighted by Crippen LogP contribution is -2.55. The molecule has 2 saturated heterocycles. The summed E-state index contributed by atoms with van der Waals surface area (Å²) in [7, 11) is 0. The molecule has 20 heteroatoms. The smallest absolute Gasteiger partial charge is 0.359 e. The molecule has 0 aliphatic carbocycles. The Morgan fingerprint density at radius 2 is 1.41 bits per heavy atom. The van der Waals surface area contributed by atoms with Gasteiger partial charge in [0.25, 0.3) is 11.4 Å². The molecule has 2 heterocycles. The lowest BCUT2D eigenvalue weighted by atomic mass is 9.85. The average Bonchev–Trinajstić information content (AvgIpc) is 3.74. The topological polar surface area (TPSA) is 147 Å². The minimum atomic E-state index is -2.53. The summed E-state index contributed by atoms with van der Waals surface area (Å²) >= 11 is 51.6. The number of ether oxygens (including phenoxy) is 5. The summed E-state index contributed by atoms with van der Waals surface area (Å²) in [5, 5.41) is 2.53. The molecule has 0 aromatic heterocycles. The third-order valence-corrected chi connectivity index (χ3v) is 9.13. The minimum Gasteiger partial charge on any atom is -0.459 e. The fourth-order valence-electron chi connectivity index (χ4n) is 5.00. The van der Waals surface area contributed by atoms with E-state index in [1.807, 2.05) is 6.92 Å². The van der Waals surface area contributed by atoms with E-state index in [1.54, 1.807) is 20.8 Å². The zero-order chi connectivity index (χ0) is 37.5. The number of nitrogens with one attached hydrogen (secondary N) is 1. The van der Waals surface area contributed by atoms with Crippen molar-refractivity contribution in [1.29, 1.82) is 0 Å². The number of carbonyl (C=O) groups is 5. The van der Waals surface area contributed by atoms with Gasteiger partial charge in [0.15, 0.2) is 11.9 Å². The highest BCUT2D eigenvalue weighted by molar-refractivity contribution is 6.76. The van der Waals surface area contributed by atoms with Crippen LogP contribution in [-0.4, -0.2) is 90.8 Å². The summed E-state index contributed by atoms with van der Waals surface area (Å²) in [4.78, 5) is 62.2. The normalized spacial score (nSPS) is 25.9. The summed E-state index contributed by atoms with van der Waals surface area (Å²) in [5.41, 5.74) is 0.446. The van der Waals surface area contributed by atoms with Crippen molar-refractivity contribution in [2.45, 2.75) is 108 Å². The van der Waals surface area contributed by atoms with Crippen LogP contribution in [0.3, 0.4) is 0 Å². The van der Waals surface area contributed by atoms with Crippen LogP contribution in [0.2, 0.25) is 0 Å². The Kier molecular flexibility index (Phi) is 17.7. The summed E-state index contributed by atoms with van der Waals surface area (Å²) in [6, 6.07) is 0. The van der Waals surface area contributed by atoms with Gasteiger partial charge in [-0.2, -0.15) is 0 Å². The van der Waals surface area contributed by atoms with Gasteiger partial charge in [-0.25, -0.2) is 14.4 Å². The molecule has 0 bridgehead atoms. The van der Waals surface area contributed by atoms with E-state index in [4.69, 9.17) is 128 Å². The van der Waals surface area contributed by atoms with Crippen LogP contribution in [-0.2, 0) is 47.7 Å². The van der Waals surface area contributed by atoms with Crippen LogP contribution in [0.15, 0.2) is 11.6 Å². The Hall–Kier alpha value is -0.180. The lowest BCUT2D eigenvalue weighted by molar-refractivity contribution is -0.208. The van der Waals surface area contributed by atoms with Gasteiger partial charge in [0.2, 0.25) is 5.91 Å². The van der Waals surface area contributed by atoms with Gasteiger partial charge < -0.3 is 29.0 Å². The molecule has 280 valence electrons. The predicted molar refractivity (Wildman–Crippen MR) is 188 cm³/mol. The minimum absolute atomic E-state index is 0.0325. The quantitative estimate of drug-likeness (QED) is 0.0608. The second-order valence-corrected chi connectivity index (χ2v) is 18.6. The molecule has 0 aromatic carbocycles. The number of unbranched alkanes of at least 4 members (excludes halogenated alkanes) is 1. The van der Waals surface area contributed by atoms with E-state index in [-0.39, 0.29) is 37.7 Å². The second-order valence-electron chi connectivity index (χ2n) is 11.8. The molecule has 2 fully saturated rings. The number of halogens is 9. The molecule has 2 rings (SSSR count). The Morgan fingerprint density at radius 3 is 1.94 bits per heavy atom. The monoisotopic (exact) mass is 873 g/mol. The number of hydrogen-bond donors (Lipinski definition) is 1. The van der Waals surface area contributed by atoms with Crippen molar-refractivity contribution in [1.82, 2.24) is 5.32 Å². The molecule has 0 unspecified atom stereocenters. The number of hydrogen-bond acceptors (Lipinski definition) is 10. The van der Waals surface area contributed by atoms with E-state index in [0.29, 0.717) is 18.4 Å². The van der Waals surface area contributed by atoms with Crippen LogP contribution in [0, 0.1) is 11.8 Å². The number of Topliss-reactive ketones (excluding diaryl/α,β-unsaturated/α-hetero) is 1. The summed E-state index contributed by atoms with van der Waals surface area (Å²) in [6.07, 6.45) is -2.17. The SMILES string of the molecule is CCCCC(=O)CNC(=O)/C=C(\C)C[C@@H]1OC[C@H](C[C@@H]2O[C@H]2[C@@H](C)[C@H](C)OC(=O)C(Cl)(Cl)Cl)[C@@H](OC(=O)C(Cl)(Cl)Cl)[C@H]1OC(=O)C(Cl)(Cl)Cl. The number of amides is 1. The molecule has 2 aliphatic rings. The lowest BCUT2D eigenvalue weighted by Gasteiger charge is -2.42. The van der Waals surface area contributed by atoms with Crippen molar-refractivity contribution in [2.75, 3.05) is 13.2 Å². The highest BCUT2D eigenvalue weighted by atomic mass is 35.6. The highest BCUT2D eigenvalue weighted by Gasteiger charge is 2.54. The average molecular weight is 878 g/mol. The third-order valence-electron chi connectivity index (χ3n) is 7.74. The maximum atomic E-state index is 12.8. The van der Waals surface area contributed by atoms with E-state index in [9.17, 15) is 24.0 Å². The Morgan fingerprint density at radius 1 is 0.857 bits per heavy atom. The van der Waals surface area contributed by atoms with Crippen LogP contribution >= 0.6 is 104 Å². The van der Waals surface area contributed by atoms with Gasteiger partial charge >= 0.3 is 17.9 Å². The number of alkyl halides is 9. The first-order chi connectivity index (χ1) is 22.4. The van der Waals surface area contributed by atoms with E-state index in [0.717, 1.165) is 6.42 Å². The number of ketones is 1. The molecule has 1 amide bonds. The summed E-state index contributed by atoms with van der Waals surface area (Å²) < 4.78 is 21.0. The molecule has 8 atom stereocenters. The number of carbonyl (C=O) groups excluding carboxylic acids is 5. The van der Waals surface area contributed by atoms with Gasteiger partial charge in [0.1, 0.15) is 18.3 Å². The van der Waals surface area contributed by atoms with Gasteiger partial charge in [-0.15, -0.1) is 0 Å². The van der Waals surface area contributed by atoms with Gasteiger partial charge in [-0.05, 0) is 33.1 Å². The van der Waals surface area contributed by atoms with Crippen LogP contribution in [0.4, 0.5) is 0 Å². The fourth-order valence-corrected chi connectivity index (χ4v) is 5.40. The van der Waals surface area contributed by atoms with Crippen LogP contribution in [0.5, 0.6) is 0 Å². The molecule has 0 radical (unpaired) electrons.